The molecular weight excluding hydrogens is 272 g/mol. The van der Waals surface area contributed by atoms with Gasteiger partial charge in [-0.15, -0.1) is 0 Å². The van der Waals surface area contributed by atoms with Gasteiger partial charge >= 0.3 is 0 Å². The van der Waals surface area contributed by atoms with Gasteiger partial charge in [0.1, 0.15) is 24.4 Å². The summed E-state index contributed by atoms with van der Waals surface area (Å²) in [7, 11) is 0. The largest absolute Gasteiger partial charge is 0.367 e. The smallest absolute Gasteiger partial charge is 0.164 e. The molecule has 0 radical (unpaired) electrons. The predicted octanol–water partition coefficient (Wildman–Crippen LogP) is 2.47. The third-order valence-corrected chi connectivity index (χ3v) is 4.47. The van der Waals surface area contributed by atoms with Gasteiger partial charge in [-0.25, -0.2) is 0 Å². The third-order valence-electron chi connectivity index (χ3n) is 4.47. The van der Waals surface area contributed by atoms with Crippen LogP contribution in [0.2, 0.25) is 0 Å². The average molecular weight is 300 g/mol. The first-order chi connectivity index (χ1) is 9.60. The van der Waals surface area contributed by atoms with E-state index in [9.17, 15) is 0 Å². The lowest BCUT2D eigenvalue weighted by atomic mass is 9.87. The van der Waals surface area contributed by atoms with E-state index < -0.39 is 11.6 Å². The highest BCUT2D eigenvalue weighted by molar-refractivity contribution is 5.03. The summed E-state index contributed by atoms with van der Waals surface area (Å²) in [6.45, 7) is 14.1. The maximum Gasteiger partial charge on any atom is 0.164 e. The Balaban J connectivity index is 1.91. The van der Waals surface area contributed by atoms with Crippen LogP contribution in [0, 0.1) is 5.92 Å². The van der Waals surface area contributed by atoms with Crippen molar-refractivity contribution in [2.75, 3.05) is 0 Å². The average Bonchev–Trinajstić information content (AvgIpc) is 2.66. The quantitative estimate of drug-likeness (QED) is 0.744. The Morgan fingerprint density at radius 2 is 1.19 bits per heavy atom. The molecule has 0 unspecified atom stereocenters. The summed E-state index contributed by atoms with van der Waals surface area (Å²) in [5.74, 6) is -0.887. The van der Waals surface area contributed by atoms with Crippen LogP contribution in [0.3, 0.4) is 0 Å². The molecule has 3 rings (SSSR count). The molecule has 3 aliphatic heterocycles. The Bertz CT molecular complexity index is 403. The van der Waals surface area contributed by atoms with Crippen molar-refractivity contribution in [1.29, 1.82) is 0 Å². The lowest BCUT2D eigenvalue weighted by Gasteiger charge is -2.52. The highest BCUT2D eigenvalue weighted by Crippen LogP contribution is 2.44. The first-order valence-electron chi connectivity index (χ1n) is 7.96. The van der Waals surface area contributed by atoms with Gasteiger partial charge in [-0.1, -0.05) is 13.8 Å². The minimum absolute atomic E-state index is 0.00513. The Hall–Kier alpha value is -0.200. The molecule has 5 heteroatoms. The molecule has 3 saturated heterocycles. The summed E-state index contributed by atoms with van der Waals surface area (Å²) in [5.41, 5.74) is 0. The molecule has 5 nitrogen and oxygen atoms in total. The van der Waals surface area contributed by atoms with Crippen LogP contribution in [0.25, 0.3) is 0 Å². The molecule has 0 aromatic heterocycles. The molecule has 3 aliphatic rings. The molecule has 3 fully saturated rings. The fourth-order valence-corrected chi connectivity index (χ4v) is 3.69. The van der Waals surface area contributed by atoms with Crippen molar-refractivity contribution in [2.45, 2.75) is 96.7 Å². The van der Waals surface area contributed by atoms with Crippen LogP contribution in [0.5, 0.6) is 0 Å². The van der Waals surface area contributed by atoms with Crippen LogP contribution in [0.4, 0.5) is 0 Å². The monoisotopic (exact) mass is 300 g/mol. The molecule has 0 bridgehead atoms. The van der Waals surface area contributed by atoms with E-state index in [2.05, 4.69) is 13.8 Å². The second-order valence-corrected chi connectivity index (χ2v) is 7.68. The van der Waals surface area contributed by atoms with Crippen molar-refractivity contribution in [1.82, 2.24) is 0 Å². The summed E-state index contributed by atoms with van der Waals surface area (Å²) in [4.78, 5) is 0. The molecular formula is C16H28O5. The van der Waals surface area contributed by atoms with Crippen LogP contribution in [-0.2, 0) is 23.7 Å². The number of rotatable bonds is 1. The fraction of sp³-hybridized carbons (Fsp3) is 1.00. The van der Waals surface area contributed by atoms with E-state index >= 15 is 0 Å². The van der Waals surface area contributed by atoms with E-state index in [1.807, 2.05) is 34.6 Å². The Kier molecular flexibility index (Phi) is 3.66. The van der Waals surface area contributed by atoms with E-state index in [-0.39, 0.29) is 36.6 Å². The Morgan fingerprint density at radius 1 is 0.714 bits per heavy atom. The molecule has 122 valence electrons. The maximum atomic E-state index is 6.21. The van der Waals surface area contributed by atoms with Crippen molar-refractivity contribution in [3.63, 3.8) is 0 Å². The minimum atomic E-state index is -0.638. The maximum absolute atomic E-state index is 6.21. The topological polar surface area (TPSA) is 46.2 Å². The summed E-state index contributed by atoms with van der Waals surface area (Å²) < 4.78 is 30.6. The molecule has 0 spiro atoms. The minimum Gasteiger partial charge on any atom is -0.367 e. The summed E-state index contributed by atoms with van der Waals surface area (Å²) >= 11 is 0. The SMILES string of the molecule is CC(C)[C@H]1OC(C)(C)O[C@H]2[C@@H]3OC(C)(C)O[C@@H]3[C@H](C)O[C@H]21. The van der Waals surface area contributed by atoms with Crippen molar-refractivity contribution in [3.05, 3.63) is 0 Å². The molecule has 0 aromatic carbocycles. The lowest BCUT2D eigenvalue weighted by Crippen LogP contribution is -2.66. The van der Waals surface area contributed by atoms with Gasteiger partial charge in [0.05, 0.1) is 12.2 Å². The Morgan fingerprint density at radius 3 is 1.76 bits per heavy atom. The summed E-state index contributed by atoms with van der Waals surface area (Å²) in [6.07, 6.45) is -0.529. The Labute approximate surface area is 127 Å². The second kappa shape index (κ2) is 4.90. The van der Waals surface area contributed by atoms with Crippen LogP contribution < -0.4 is 0 Å². The van der Waals surface area contributed by atoms with Gasteiger partial charge in [-0.3, -0.25) is 0 Å². The number of hydrogen-bond donors (Lipinski definition) is 0. The molecule has 3 heterocycles. The van der Waals surface area contributed by atoms with Crippen molar-refractivity contribution in [2.24, 2.45) is 5.92 Å². The second-order valence-electron chi connectivity index (χ2n) is 7.68. The lowest BCUT2D eigenvalue weighted by molar-refractivity contribution is -0.376. The van der Waals surface area contributed by atoms with Gasteiger partial charge in [-0.05, 0) is 40.5 Å². The summed E-state index contributed by atoms with van der Waals surface area (Å²) in [6, 6.07) is 0. The zero-order valence-corrected chi connectivity index (χ0v) is 14.1. The van der Waals surface area contributed by atoms with Crippen molar-refractivity contribution in [3.8, 4) is 0 Å². The molecule has 0 aromatic rings. The molecule has 0 amide bonds. The van der Waals surface area contributed by atoms with Gasteiger partial charge < -0.3 is 23.7 Å². The molecule has 6 atom stereocenters. The summed E-state index contributed by atoms with van der Waals surface area (Å²) in [5, 5.41) is 0. The zero-order valence-electron chi connectivity index (χ0n) is 14.1. The third kappa shape index (κ3) is 2.75. The normalized spacial score (nSPS) is 48.0. The number of fused-ring (bicyclic) bond motifs is 3. The van der Waals surface area contributed by atoms with Crippen LogP contribution >= 0.6 is 0 Å². The van der Waals surface area contributed by atoms with E-state index in [0.717, 1.165) is 0 Å². The first-order valence-corrected chi connectivity index (χ1v) is 7.96. The molecule has 0 aliphatic carbocycles. The molecule has 21 heavy (non-hydrogen) atoms. The number of hydrogen-bond acceptors (Lipinski definition) is 5. The molecule has 0 N–H and O–H groups in total. The van der Waals surface area contributed by atoms with Gasteiger partial charge in [0.25, 0.3) is 0 Å². The molecule has 0 saturated carbocycles. The van der Waals surface area contributed by atoms with Crippen LogP contribution in [0.15, 0.2) is 0 Å². The van der Waals surface area contributed by atoms with E-state index in [4.69, 9.17) is 23.7 Å². The van der Waals surface area contributed by atoms with Gasteiger partial charge in [0, 0.05) is 0 Å². The highest BCUT2D eigenvalue weighted by Gasteiger charge is 2.59. The van der Waals surface area contributed by atoms with Gasteiger partial charge in [-0.2, -0.15) is 0 Å². The fourth-order valence-electron chi connectivity index (χ4n) is 3.69. The standard InChI is InChI=1S/C16H28O5/c1-8(2)10-12-14(21-15(4,5)18-10)13-11(9(3)17-12)19-16(6,7)20-13/h8-14H,1-7H3/t9-,10+,11+,12-,13+,14+/m0/s1. The highest BCUT2D eigenvalue weighted by atomic mass is 16.8. The van der Waals surface area contributed by atoms with Crippen LogP contribution in [0.1, 0.15) is 48.5 Å². The number of ether oxygens (including phenoxy) is 5. The van der Waals surface area contributed by atoms with E-state index in [1.54, 1.807) is 0 Å². The van der Waals surface area contributed by atoms with Gasteiger partial charge in [0.2, 0.25) is 0 Å². The van der Waals surface area contributed by atoms with Crippen LogP contribution in [-0.4, -0.2) is 48.2 Å². The van der Waals surface area contributed by atoms with Crippen molar-refractivity contribution >= 4 is 0 Å². The van der Waals surface area contributed by atoms with Crippen molar-refractivity contribution < 1.29 is 23.7 Å². The van der Waals surface area contributed by atoms with E-state index in [1.165, 1.54) is 0 Å². The zero-order chi connectivity index (χ0) is 15.6. The first kappa shape index (κ1) is 15.7. The predicted molar refractivity (Wildman–Crippen MR) is 76.8 cm³/mol. The van der Waals surface area contributed by atoms with E-state index in [0.29, 0.717) is 5.92 Å². The van der Waals surface area contributed by atoms with Gasteiger partial charge in [0.15, 0.2) is 11.6 Å².